The molecule has 0 atom stereocenters. The van der Waals surface area contributed by atoms with Crippen LogP contribution in [0, 0.1) is 6.92 Å². The molecule has 0 saturated carbocycles. The maximum atomic E-state index is 11.0. The molecule has 59 valence electrons. The van der Waals surface area contributed by atoms with Crippen LogP contribution >= 0.6 is 0 Å². The Morgan fingerprint density at radius 1 is 1.60 bits per heavy atom. The summed E-state index contributed by atoms with van der Waals surface area (Å²) in [6.45, 7) is 6.45. The molecule has 0 aromatic rings. The second kappa shape index (κ2) is 5.27. The maximum Gasteiger partial charge on any atom is 0.222 e. The molecule has 10 heavy (non-hydrogen) atoms. The minimum Gasteiger partial charge on any atom is -0.346 e. The van der Waals surface area contributed by atoms with Crippen LogP contribution in [0.25, 0.3) is 0 Å². The molecule has 0 spiro atoms. The second-order valence-corrected chi connectivity index (χ2v) is 2.37. The topological polar surface area (TPSA) is 20.3 Å². The minimum absolute atomic E-state index is 0.228. The zero-order chi connectivity index (χ0) is 7.98. The van der Waals surface area contributed by atoms with Crippen molar-refractivity contribution < 1.29 is 4.79 Å². The number of unbranched alkanes of at least 4 members (excludes halogenated alkanes) is 1. The van der Waals surface area contributed by atoms with E-state index in [4.69, 9.17) is 0 Å². The Bertz CT molecular complexity index is 101. The van der Waals surface area contributed by atoms with Crippen LogP contribution in [0.5, 0.6) is 0 Å². The van der Waals surface area contributed by atoms with Crippen LogP contribution in [0.3, 0.4) is 0 Å². The second-order valence-electron chi connectivity index (χ2n) is 2.37. The lowest BCUT2D eigenvalue weighted by Gasteiger charge is -2.13. The van der Waals surface area contributed by atoms with Gasteiger partial charge in [0.15, 0.2) is 0 Å². The largest absolute Gasteiger partial charge is 0.346 e. The lowest BCUT2D eigenvalue weighted by Crippen LogP contribution is -2.25. The van der Waals surface area contributed by atoms with Crippen LogP contribution in [0.1, 0.15) is 26.2 Å². The standard InChI is InChI=1S/C8H16NO/c1-4-6-7-8(10)9(3)5-2/h1,4-7H2,2-3H3. The van der Waals surface area contributed by atoms with Crippen molar-refractivity contribution in [3.8, 4) is 0 Å². The smallest absolute Gasteiger partial charge is 0.222 e. The lowest BCUT2D eigenvalue weighted by atomic mass is 10.2. The van der Waals surface area contributed by atoms with Gasteiger partial charge < -0.3 is 4.90 Å². The molecular formula is C8H16NO. The van der Waals surface area contributed by atoms with Crippen LogP contribution in [-0.2, 0) is 4.79 Å². The molecule has 1 radical (unpaired) electrons. The monoisotopic (exact) mass is 142 g/mol. The first-order valence-corrected chi connectivity index (χ1v) is 3.75. The summed E-state index contributed by atoms with van der Waals surface area (Å²) in [4.78, 5) is 12.8. The van der Waals surface area contributed by atoms with Crippen molar-refractivity contribution in [2.45, 2.75) is 26.2 Å². The highest BCUT2D eigenvalue weighted by atomic mass is 16.2. The summed E-state index contributed by atoms with van der Waals surface area (Å²) in [6, 6.07) is 0. The van der Waals surface area contributed by atoms with E-state index >= 15 is 0 Å². The van der Waals surface area contributed by atoms with E-state index in [-0.39, 0.29) is 5.91 Å². The van der Waals surface area contributed by atoms with Crippen molar-refractivity contribution in [2.75, 3.05) is 13.6 Å². The van der Waals surface area contributed by atoms with Gasteiger partial charge in [-0.05, 0) is 13.3 Å². The summed E-state index contributed by atoms with van der Waals surface area (Å²) >= 11 is 0. The Morgan fingerprint density at radius 3 is 2.60 bits per heavy atom. The Hall–Kier alpha value is -0.530. The fourth-order valence-corrected chi connectivity index (χ4v) is 0.643. The quantitative estimate of drug-likeness (QED) is 0.582. The normalized spacial score (nSPS) is 9.50. The van der Waals surface area contributed by atoms with E-state index in [2.05, 4.69) is 6.92 Å². The van der Waals surface area contributed by atoms with Crippen molar-refractivity contribution in [2.24, 2.45) is 0 Å². The van der Waals surface area contributed by atoms with Gasteiger partial charge in [0.1, 0.15) is 0 Å². The van der Waals surface area contributed by atoms with Crippen molar-refractivity contribution in [3.63, 3.8) is 0 Å². The first kappa shape index (κ1) is 9.47. The Balaban J connectivity index is 3.42. The number of rotatable bonds is 4. The van der Waals surface area contributed by atoms with Crippen LogP contribution in [-0.4, -0.2) is 24.4 Å². The molecular weight excluding hydrogens is 126 g/mol. The average Bonchev–Trinajstić information content (AvgIpc) is 1.98. The SMILES string of the molecule is [CH2]CCCC(=O)N(C)CC. The number of hydrogen-bond donors (Lipinski definition) is 0. The number of hydrogen-bond acceptors (Lipinski definition) is 1. The maximum absolute atomic E-state index is 11.0. The molecule has 0 rings (SSSR count). The van der Waals surface area contributed by atoms with E-state index < -0.39 is 0 Å². The molecule has 0 N–H and O–H groups in total. The van der Waals surface area contributed by atoms with Gasteiger partial charge in [-0.3, -0.25) is 4.79 Å². The number of amides is 1. The number of nitrogens with zero attached hydrogens (tertiary/aromatic N) is 1. The van der Waals surface area contributed by atoms with Gasteiger partial charge in [-0.1, -0.05) is 13.3 Å². The fourth-order valence-electron chi connectivity index (χ4n) is 0.643. The van der Waals surface area contributed by atoms with E-state index in [0.717, 1.165) is 19.4 Å². The van der Waals surface area contributed by atoms with Gasteiger partial charge in [-0.25, -0.2) is 0 Å². The molecule has 0 aromatic carbocycles. The summed E-state index contributed by atoms with van der Waals surface area (Å²) in [5.41, 5.74) is 0. The highest BCUT2D eigenvalue weighted by molar-refractivity contribution is 5.75. The van der Waals surface area contributed by atoms with E-state index in [1.165, 1.54) is 0 Å². The molecule has 0 bridgehead atoms. The average molecular weight is 142 g/mol. The van der Waals surface area contributed by atoms with E-state index in [0.29, 0.717) is 6.42 Å². The molecule has 0 unspecified atom stereocenters. The van der Waals surface area contributed by atoms with Crippen LogP contribution in [0.2, 0.25) is 0 Å². The van der Waals surface area contributed by atoms with E-state index in [9.17, 15) is 4.79 Å². The van der Waals surface area contributed by atoms with Gasteiger partial charge in [-0.2, -0.15) is 0 Å². The molecule has 0 heterocycles. The van der Waals surface area contributed by atoms with Gasteiger partial charge >= 0.3 is 0 Å². The summed E-state index contributed by atoms with van der Waals surface area (Å²) in [7, 11) is 1.82. The summed E-state index contributed by atoms with van der Waals surface area (Å²) in [5, 5.41) is 0. The van der Waals surface area contributed by atoms with Crippen LogP contribution in [0.15, 0.2) is 0 Å². The molecule has 0 aliphatic heterocycles. The summed E-state index contributed by atoms with van der Waals surface area (Å²) < 4.78 is 0. The van der Waals surface area contributed by atoms with Gasteiger partial charge in [0.05, 0.1) is 0 Å². The molecule has 0 aliphatic rings. The van der Waals surface area contributed by atoms with Crippen molar-refractivity contribution in [3.05, 3.63) is 6.92 Å². The third-order valence-corrected chi connectivity index (χ3v) is 1.54. The van der Waals surface area contributed by atoms with Gasteiger partial charge in [0.2, 0.25) is 5.91 Å². The Morgan fingerprint density at radius 2 is 2.20 bits per heavy atom. The van der Waals surface area contributed by atoms with E-state index in [1.54, 1.807) is 4.90 Å². The predicted molar refractivity (Wildman–Crippen MR) is 42.5 cm³/mol. The fraction of sp³-hybridized carbons (Fsp3) is 0.750. The molecule has 0 aromatic heterocycles. The Kier molecular flexibility index (Phi) is 4.99. The molecule has 0 fully saturated rings. The van der Waals surface area contributed by atoms with Crippen molar-refractivity contribution in [1.29, 1.82) is 0 Å². The van der Waals surface area contributed by atoms with Gasteiger partial charge in [0, 0.05) is 20.0 Å². The summed E-state index contributed by atoms with van der Waals surface area (Å²) in [5.74, 6) is 0.228. The zero-order valence-electron chi connectivity index (χ0n) is 6.89. The van der Waals surface area contributed by atoms with Crippen LogP contribution < -0.4 is 0 Å². The molecule has 2 heteroatoms. The molecule has 0 aliphatic carbocycles. The lowest BCUT2D eigenvalue weighted by molar-refractivity contribution is -0.129. The number of carbonyl (C=O) groups is 1. The Labute approximate surface area is 63.2 Å². The predicted octanol–water partition coefficient (Wildman–Crippen LogP) is 1.47. The zero-order valence-corrected chi connectivity index (χ0v) is 6.89. The first-order chi connectivity index (χ1) is 4.72. The van der Waals surface area contributed by atoms with E-state index in [1.807, 2.05) is 14.0 Å². The first-order valence-electron chi connectivity index (χ1n) is 3.75. The number of carbonyl (C=O) groups excluding carboxylic acids is 1. The highest BCUT2D eigenvalue weighted by Gasteiger charge is 2.03. The van der Waals surface area contributed by atoms with Gasteiger partial charge in [-0.15, -0.1) is 0 Å². The summed E-state index contributed by atoms with van der Waals surface area (Å²) in [6.07, 6.45) is 2.40. The minimum atomic E-state index is 0.228. The van der Waals surface area contributed by atoms with Crippen LogP contribution in [0.4, 0.5) is 0 Å². The van der Waals surface area contributed by atoms with Crippen molar-refractivity contribution in [1.82, 2.24) is 4.90 Å². The highest BCUT2D eigenvalue weighted by Crippen LogP contribution is 1.97. The van der Waals surface area contributed by atoms with Crippen molar-refractivity contribution >= 4 is 5.91 Å². The third-order valence-electron chi connectivity index (χ3n) is 1.54. The molecule has 0 saturated heterocycles. The third kappa shape index (κ3) is 3.49. The molecule has 1 amide bonds. The van der Waals surface area contributed by atoms with Gasteiger partial charge in [0.25, 0.3) is 0 Å². The molecule has 2 nitrogen and oxygen atoms in total.